The Balaban J connectivity index is 0.00000578. The van der Waals surface area contributed by atoms with Gasteiger partial charge in [-0.1, -0.05) is 38.1 Å². The molecule has 0 fully saturated rings. The Hall–Kier alpha value is -1.84. The van der Waals surface area contributed by atoms with E-state index >= 15 is 0 Å². The second kappa shape index (κ2) is 12.2. The van der Waals surface area contributed by atoms with E-state index in [1.165, 1.54) is 36.4 Å². The van der Waals surface area contributed by atoms with Crippen LogP contribution in [-0.2, 0) is 25.0 Å². The molecule has 14 heteroatoms. The molecule has 0 atom stereocenters. The number of thiocarbonyl (C=S) groups is 1. The summed E-state index contributed by atoms with van der Waals surface area (Å²) in [7, 11) is -7.75. The second-order valence-electron chi connectivity index (χ2n) is 7.14. The first kappa shape index (κ1) is 30.2. The molecule has 0 unspecified atom stereocenters. The smallest absolute Gasteiger partial charge is 0.366 e. The van der Waals surface area contributed by atoms with Crippen LogP contribution in [0.1, 0.15) is 25.0 Å². The summed E-state index contributed by atoms with van der Waals surface area (Å²) in [5.41, 5.74) is 0.535. The standard InChI is InChI=1S/C20H23N3O7S3.Na/c1-12(2)19(24)22-15-8-6-13(17(10-15)32(25,26)27)4-5-14-7-9-16(23-20(31)21-3)11-18(14)33(28,29)30;/h4-12H,1-3H3,(H,22,24)(H2,21,23,31)(H,25,26,27)(H,28,29,30);/q;+1/b5-4+;. The fourth-order valence-electron chi connectivity index (χ4n) is 2.61. The minimum atomic E-state index is -4.68. The van der Waals surface area contributed by atoms with Gasteiger partial charge in [-0.3, -0.25) is 13.9 Å². The summed E-state index contributed by atoms with van der Waals surface area (Å²) in [6, 6.07) is 7.91. The SMILES string of the molecule is CNC(=S)Nc1ccc(/C=C/c2ccc(NC(=O)C(C)C)cc2S(=O)(=O)O)c(S(=O)(=O)O)c1.[Na+]. The van der Waals surface area contributed by atoms with E-state index in [4.69, 9.17) is 12.2 Å². The van der Waals surface area contributed by atoms with Crippen molar-refractivity contribution in [2.24, 2.45) is 5.92 Å². The molecule has 5 N–H and O–H groups in total. The first-order valence-electron chi connectivity index (χ1n) is 9.43. The van der Waals surface area contributed by atoms with Crippen molar-refractivity contribution in [3.8, 4) is 0 Å². The van der Waals surface area contributed by atoms with Crippen molar-refractivity contribution < 1.29 is 60.3 Å². The average molecular weight is 537 g/mol. The van der Waals surface area contributed by atoms with Gasteiger partial charge >= 0.3 is 29.6 Å². The van der Waals surface area contributed by atoms with Gasteiger partial charge in [0.2, 0.25) is 5.91 Å². The number of hydrogen-bond donors (Lipinski definition) is 5. The molecule has 0 saturated carbocycles. The minimum Gasteiger partial charge on any atom is -0.366 e. The van der Waals surface area contributed by atoms with Gasteiger partial charge in [0.05, 0.1) is 0 Å². The molecule has 1 amide bonds. The average Bonchev–Trinajstić information content (AvgIpc) is 2.71. The topological polar surface area (TPSA) is 162 Å². The van der Waals surface area contributed by atoms with Crippen LogP contribution in [0.2, 0.25) is 0 Å². The van der Waals surface area contributed by atoms with E-state index in [0.29, 0.717) is 5.69 Å². The van der Waals surface area contributed by atoms with Crippen LogP contribution in [0.3, 0.4) is 0 Å². The van der Waals surface area contributed by atoms with Crippen molar-refractivity contribution in [2.75, 3.05) is 17.7 Å². The molecule has 34 heavy (non-hydrogen) atoms. The van der Waals surface area contributed by atoms with E-state index < -0.39 is 30.0 Å². The van der Waals surface area contributed by atoms with Crippen molar-refractivity contribution in [3.63, 3.8) is 0 Å². The number of carbonyl (C=O) groups is 1. The first-order valence-corrected chi connectivity index (χ1v) is 12.7. The van der Waals surface area contributed by atoms with E-state index in [-0.39, 0.29) is 63.3 Å². The van der Waals surface area contributed by atoms with Gasteiger partial charge in [-0.25, -0.2) is 0 Å². The Bertz CT molecular complexity index is 1320. The largest absolute Gasteiger partial charge is 1.00 e. The van der Waals surface area contributed by atoms with Gasteiger partial charge in [0, 0.05) is 24.3 Å². The molecule has 2 aromatic carbocycles. The van der Waals surface area contributed by atoms with Gasteiger partial charge in [-0.15, -0.1) is 0 Å². The van der Waals surface area contributed by atoms with Gasteiger partial charge in [0.25, 0.3) is 20.2 Å². The van der Waals surface area contributed by atoms with Gasteiger partial charge in [-0.2, -0.15) is 16.8 Å². The van der Waals surface area contributed by atoms with Crippen molar-refractivity contribution in [1.82, 2.24) is 5.32 Å². The summed E-state index contributed by atoms with van der Waals surface area (Å²) < 4.78 is 66.8. The third kappa shape index (κ3) is 8.43. The zero-order valence-electron chi connectivity index (χ0n) is 18.9. The molecular weight excluding hydrogens is 513 g/mol. The van der Waals surface area contributed by atoms with Crippen LogP contribution in [0, 0.1) is 5.92 Å². The van der Waals surface area contributed by atoms with Crippen molar-refractivity contribution >= 4 is 67.0 Å². The van der Waals surface area contributed by atoms with Gasteiger partial charge in [-0.05, 0) is 47.6 Å². The first-order chi connectivity index (χ1) is 15.2. The van der Waals surface area contributed by atoms with Crippen LogP contribution in [0.25, 0.3) is 12.2 Å². The summed E-state index contributed by atoms with van der Waals surface area (Å²) in [6.07, 6.45) is 2.52. The Morgan fingerprint density at radius 2 is 1.29 bits per heavy atom. The second-order valence-corrected chi connectivity index (χ2v) is 10.3. The van der Waals surface area contributed by atoms with Gasteiger partial charge in [0.1, 0.15) is 9.79 Å². The van der Waals surface area contributed by atoms with E-state index in [1.807, 2.05) is 0 Å². The number of amides is 1. The molecule has 0 radical (unpaired) electrons. The third-order valence-corrected chi connectivity index (χ3v) is 6.43. The number of benzene rings is 2. The summed E-state index contributed by atoms with van der Waals surface area (Å²) in [6.45, 7) is 3.33. The molecule has 0 aliphatic carbocycles. The van der Waals surface area contributed by atoms with Crippen LogP contribution >= 0.6 is 12.2 Å². The molecule has 10 nitrogen and oxygen atoms in total. The molecule has 0 aliphatic heterocycles. The maximum Gasteiger partial charge on any atom is 1.00 e. The summed E-state index contributed by atoms with van der Waals surface area (Å²) in [5.74, 6) is -0.693. The number of nitrogens with one attached hydrogen (secondary N) is 3. The Morgan fingerprint density at radius 3 is 1.65 bits per heavy atom. The van der Waals surface area contributed by atoms with Crippen LogP contribution < -0.4 is 45.5 Å². The number of carbonyl (C=O) groups excluding carboxylic acids is 1. The summed E-state index contributed by atoms with van der Waals surface area (Å²) in [4.78, 5) is 10.9. The summed E-state index contributed by atoms with van der Waals surface area (Å²) >= 11 is 4.97. The minimum absolute atomic E-state index is 0. The quantitative estimate of drug-likeness (QED) is 0.139. The predicted octanol–water partition coefficient (Wildman–Crippen LogP) is -0.135. The summed E-state index contributed by atoms with van der Waals surface area (Å²) in [5, 5.41) is 8.16. The van der Waals surface area contributed by atoms with E-state index in [0.717, 1.165) is 12.1 Å². The molecule has 0 spiro atoms. The molecule has 0 saturated heterocycles. The van der Waals surface area contributed by atoms with Crippen LogP contribution in [0.5, 0.6) is 0 Å². The van der Waals surface area contributed by atoms with Crippen LogP contribution in [0.15, 0.2) is 46.2 Å². The van der Waals surface area contributed by atoms with Crippen molar-refractivity contribution in [1.29, 1.82) is 0 Å². The molecule has 2 aromatic rings. The molecule has 0 heterocycles. The fraction of sp³-hybridized carbons (Fsp3) is 0.200. The molecule has 2 rings (SSSR count). The zero-order valence-corrected chi connectivity index (χ0v) is 23.3. The van der Waals surface area contributed by atoms with Crippen LogP contribution in [0.4, 0.5) is 11.4 Å². The molecule has 0 aromatic heterocycles. The normalized spacial score (nSPS) is 11.7. The predicted molar refractivity (Wildman–Crippen MR) is 130 cm³/mol. The number of hydrogen-bond acceptors (Lipinski definition) is 6. The maximum atomic E-state index is 11.9. The molecule has 178 valence electrons. The van der Waals surface area contributed by atoms with E-state index in [1.54, 1.807) is 20.9 Å². The molecular formula is C20H23N3NaO7S3+. The van der Waals surface area contributed by atoms with Crippen LogP contribution in [-0.4, -0.2) is 44.0 Å². The number of anilines is 2. The van der Waals surface area contributed by atoms with Gasteiger partial charge < -0.3 is 16.0 Å². The fourth-order valence-corrected chi connectivity index (χ4v) is 4.14. The maximum absolute atomic E-state index is 11.9. The van der Waals surface area contributed by atoms with Crippen molar-refractivity contribution in [3.05, 3.63) is 47.5 Å². The Morgan fingerprint density at radius 1 is 0.882 bits per heavy atom. The van der Waals surface area contributed by atoms with Crippen molar-refractivity contribution in [2.45, 2.75) is 23.6 Å². The Labute approximate surface area is 226 Å². The molecule has 0 bridgehead atoms. The van der Waals surface area contributed by atoms with E-state index in [2.05, 4.69) is 16.0 Å². The third-order valence-electron chi connectivity index (χ3n) is 4.30. The van der Waals surface area contributed by atoms with Gasteiger partial charge in [0.15, 0.2) is 5.11 Å². The Kier molecular flexibility index (Phi) is 10.9. The monoisotopic (exact) mass is 536 g/mol. The van der Waals surface area contributed by atoms with E-state index in [9.17, 15) is 30.7 Å². The zero-order chi connectivity index (χ0) is 25.0. The number of rotatable bonds is 7. The molecule has 0 aliphatic rings.